The number of rotatable bonds is 3. The Morgan fingerprint density at radius 2 is 2.50 bits per heavy atom. The summed E-state index contributed by atoms with van der Waals surface area (Å²) in [5, 5.41) is 0. The van der Waals surface area contributed by atoms with Crippen LogP contribution in [-0.4, -0.2) is 0 Å². The van der Waals surface area contributed by atoms with E-state index >= 15 is 0 Å². The van der Waals surface area contributed by atoms with Crippen molar-refractivity contribution in [1.82, 2.24) is 0 Å². The normalized spacial score (nSPS) is 9.20. The van der Waals surface area contributed by atoms with Gasteiger partial charge in [-0.1, -0.05) is 30.3 Å². The molecule has 0 aromatic heterocycles. The van der Waals surface area contributed by atoms with Gasteiger partial charge in [0.25, 0.3) is 0 Å². The van der Waals surface area contributed by atoms with E-state index in [0.717, 1.165) is 12.8 Å². The van der Waals surface area contributed by atoms with Gasteiger partial charge in [-0.2, -0.15) is 0 Å². The van der Waals surface area contributed by atoms with E-state index in [1.165, 1.54) is 5.56 Å². The molecule has 0 saturated carbocycles. The summed E-state index contributed by atoms with van der Waals surface area (Å²) < 4.78 is 0. The molecule has 0 heteroatoms. The Morgan fingerprint density at radius 1 is 1.60 bits per heavy atom. The van der Waals surface area contributed by atoms with Gasteiger partial charge in [0.2, 0.25) is 0 Å². The van der Waals surface area contributed by atoms with Crippen LogP contribution < -0.4 is 0 Å². The van der Waals surface area contributed by atoms with Crippen LogP contribution in [0.2, 0.25) is 0 Å². The summed E-state index contributed by atoms with van der Waals surface area (Å²) in [4.78, 5) is 0. The number of hydrogen-bond acceptors (Lipinski definition) is 0. The minimum Gasteiger partial charge on any atom is -0.103 e. The van der Waals surface area contributed by atoms with Crippen molar-refractivity contribution in [1.29, 1.82) is 0 Å². The van der Waals surface area contributed by atoms with E-state index in [9.17, 15) is 0 Å². The minimum absolute atomic E-state index is 1.05. The lowest BCUT2D eigenvalue weighted by atomic mass is 10.1. The molecule has 1 radical (unpaired) electrons. The molecule has 0 saturated heterocycles. The number of aryl methyl sites for hydroxylation is 1. The number of benzene rings is 1. The molecule has 0 nitrogen and oxygen atoms in total. The molecule has 1 rings (SSSR count). The lowest BCUT2D eigenvalue weighted by Crippen LogP contribution is -1.80. The van der Waals surface area contributed by atoms with Crippen molar-refractivity contribution in [3.63, 3.8) is 0 Å². The van der Waals surface area contributed by atoms with Crippen LogP contribution in [0.3, 0.4) is 0 Å². The molecule has 0 amide bonds. The smallest absolute Gasteiger partial charge is 0.0181 e. The quantitative estimate of drug-likeness (QED) is 0.553. The van der Waals surface area contributed by atoms with Crippen LogP contribution in [-0.2, 0) is 6.42 Å². The molecule has 1 aromatic carbocycles. The zero-order chi connectivity index (χ0) is 7.23. The molecule has 0 atom stereocenters. The van der Waals surface area contributed by atoms with Crippen molar-refractivity contribution >= 4 is 0 Å². The maximum Gasteiger partial charge on any atom is -0.0181 e. The molecule has 0 heterocycles. The molecule has 0 aliphatic rings. The van der Waals surface area contributed by atoms with Crippen molar-refractivity contribution < 1.29 is 0 Å². The molecule has 51 valence electrons. The van der Waals surface area contributed by atoms with E-state index in [-0.39, 0.29) is 0 Å². The second-order valence-corrected chi connectivity index (χ2v) is 2.24. The predicted molar refractivity (Wildman–Crippen MR) is 43.8 cm³/mol. The van der Waals surface area contributed by atoms with E-state index in [2.05, 4.69) is 18.7 Å². The third-order valence-corrected chi connectivity index (χ3v) is 1.41. The molecule has 0 aliphatic heterocycles. The second-order valence-electron chi connectivity index (χ2n) is 2.24. The summed E-state index contributed by atoms with van der Waals surface area (Å²) in [7, 11) is 0. The van der Waals surface area contributed by atoms with Gasteiger partial charge in [-0.05, 0) is 24.5 Å². The molecule has 10 heavy (non-hydrogen) atoms. The highest BCUT2D eigenvalue weighted by molar-refractivity contribution is 5.13. The molecular formula is C10H11. The van der Waals surface area contributed by atoms with Crippen LogP contribution in [0.4, 0.5) is 0 Å². The molecule has 0 fully saturated rings. The molecule has 0 aliphatic carbocycles. The Hall–Kier alpha value is -1.04. The monoisotopic (exact) mass is 131 g/mol. The summed E-state index contributed by atoms with van der Waals surface area (Å²) in [6.45, 7) is 3.67. The van der Waals surface area contributed by atoms with Crippen LogP contribution in [0.1, 0.15) is 12.0 Å². The summed E-state index contributed by atoms with van der Waals surface area (Å²) in [5.41, 5.74) is 1.34. The second kappa shape index (κ2) is 3.89. The fourth-order valence-electron chi connectivity index (χ4n) is 0.855. The Balaban J connectivity index is 2.50. The van der Waals surface area contributed by atoms with Crippen molar-refractivity contribution in [2.24, 2.45) is 0 Å². The molecule has 0 unspecified atom stereocenters. The van der Waals surface area contributed by atoms with Crippen molar-refractivity contribution in [3.05, 3.63) is 48.6 Å². The van der Waals surface area contributed by atoms with Crippen LogP contribution >= 0.6 is 0 Å². The highest BCUT2D eigenvalue weighted by atomic mass is 13.9. The number of allylic oxidation sites excluding steroid dienone is 1. The minimum atomic E-state index is 1.05. The predicted octanol–water partition coefficient (Wildman–Crippen LogP) is 2.61. The highest BCUT2D eigenvalue weighted by Crippen LogP contribution is 2.01. The van der Waals surface area contributed by atoms with Gasteiger partial charge in [-0.25, -0.2) is 0 Å². The summed E-state index contributed by atoms with van der Waals surface area (Å²) in [6.07, 6.45) is 4.08. The zero-order valence-corrected chi connectivity index (χ0v) is 6.01. The lowest BCUT2D eigenvalue weighted by molar-refractivity contribution is 1.00. The van der Waals surface area contributed by atoms with Crippen molar-refractivity contribution in [2.45, 2.75) is 12.8 Å². The van der Waals surface area contributed by atoms with E-state index in [1.807, 2.05) is 24.3 Å². The summed E-state index contributed by atoms with van der Waals surface area (Å²) >= 11 is 0. The third-order valence-electron chi connectivity index (χ3n) is 1.41. The first-order chi connectivity index (χ1) is 4.93. The fourth-order valence-corrected chi connectivity index (χ4v) is 0.855. The van der Waals surface area contributed by atoms with E-state index in [0.29, 0.717) is 0 Å². The SMILES string of the molecule is C=CCCc1c[c]ccc1. The van der Waals surface area contributed by atoms with E-state index < -0.39 is 0 Å². The van der Waals surface area contributed by atoms with Gasteiger partial charge in [0.1, 0.15) is 0 Å². The third kappa shape index (κ3) is 2.06. The molecule has 0 bridgehead atoms. The Morgan fingerprint density at radius 3 is 3.10 bits per heavy atom. The first-order valence-electron chi connectivity index (χ1n) is 3.49. The molecule has 0 N–H and O–H groups in total. The molecule has 0 spiro atoms. The first-order valence-corrected chi connectivity index (χ1v) is 3.49. The maximum atomic E-state index is 3.67. The van der Waals surface area contributed by atoms with E-state index in [4.69, 9.17) is 0 Å². The Bertz CT molecular complexity index is 186. The fraction of sp³-hybridized carbons (Fsp3) is 0.200. The van der Waals surface area contributed by atoms with Gasteiger partial charge in [-0.15, -0.1) is 6.58 Å². The van der Waals surface area contributed by atoms with Crippen LogP contribution in [0, 0.1) is 6.07 Å². The number of hydrogen-bond donors (Lipinski definition) is 0. The maximum absolute atomic E-state index is 3.67. The lowest BCUT2D eigenvalue weighted by Gasteiger charge is -1.94. The summed E-state index contributed by atoms with van der Waals surface area (Å²) in [5.74, 6) is 0. The van der Waals surface area contributed by atoms with Gasteiger partial charge in [0, 0.05) is 0 Å². The van der Waals surface area contributed by atoms with Crippen molar-refractivity contribution in [3.8, 4) is 0 Å². The topological polar surface area (TPSA) is 0 Å². The van der Waals surface area contributed by atoms with Gasteiger partial charge in [0.05, 0.1) is 0 Å². The van der Waals surface area contributed by atoms with Gasteiger partial charge in [0.15, 0.2) is 0 Å². The van der Waals surface area contributed by atoms with Crippen LogP contribution in [0.5, 0.6) is 0 Å². The Labute approximate surface area is 62.2 Å². The molecular weight excluding hydrogens is 120 g/mol. The standard InChI is InChI=1S/C10H11/c1-2-3-7-10-8-5-4-6-9-10/h2,4-5,8-9H,1,3,7H2. The van der Waals surface area contributed by atoms with E-state index in [1.54, 1.807) is 0 Å². The zero-order valence-electron chi connectivity index (χ0n) is 6.01. The van der Waals surface area contributed by atoms with Crippen LogP contribution in [0.25, 0.3) is 0 Å². The van der Waals surface area contributed by atoms with Crippen molar-refractivity contribution in [2.75, 3.05) is 0 Å². The largest absolute Gasteiger partial charge is 0.103 e. The van der Waals surface area contributed by atoms with Gasteiger partial charge in [-0.3, -0.25) is 0 Å². The molecule has 1 aromatic rings. The van der Waals surface area contributed by atoms with Gasteiger partial charge < -0.3 is 0 Å². The average molecular weight is 131 g/mol. The average Bonchev–Trinajstić information content (AvgIpc) is 2.03. The highest BCUT2D eigenvalue weighted by Gasteiger charge is 1.86. The summed E-state index contributed by atoms with van der Waals surface area (Å²) in [6, 6.07) is 11.1. The van der Waals surface area contributed by atoms with Crippen LogP contribution in [0.15, 0.2) is 36.9 Å². The van der Waals surface area contributed by atoms with Gasteiger partial charge >= 0.3 is 0 Å². The first kappa shape index (κ1) is 7.07. The Kier molecular flexibility index (Phi) is 2.75.